The maximum absolute atomic E-state index is 12.0. The monoisotopic (exact) mass is 287 g/mol. The van der Waals surface area contributed by atoms with E-state index >= 15 is 0 Å². The SMILES string of the molecule is CCn1cnnc1-c1ccccc1NC(=O)NC(C)(C)C. The summed E-state index contributed by atoms with van der Waals surface area (Å²) in [6.07, 6.45) is 1.68. The lowest BCUT2D eigenvalue weighted by Crippen LogP contribution is -2.43. The topological polar surface area (TPSA) is 71.8 Å². The first kappa shape index (κ1) is 15.0. The largest absolute Gasteiger partial charge is 0.333 e. The Labute approximate surface area is 124 Å². The standard InChI is InChI=1S/C15H21N5O/c1-5-20-10-16-19-13(20)11-8-6-7-9-12(11)17-14(21)18-15(2,3)4/h6-10H,5H2,1-4H3,(H2,17,18,21). The zero-order valence-electron chi connectivity index (χ0n) is 12.8. The van der Waals surface area contributed by atoms with E-state index in [2.05, 4.69) is 20.8 Å². The van der Waals surface area contributed by atoms with Gasteiger partial charge in [0.15, 0.2) is 5.82 Å². The van der Waals surface area contributed by atoms with E-state index in [1.807, 2.05) is 56.5 Å². The molecule has 0 aliphatic rings. The highest BCUT2D eigenvalue weighted by molar-refractivity contribution is 5.93. The third-order valence-corrected chi connectivity index (χ3v) is 2.86. The Hall–Kier alpha value is -2.37. The molecule has 0 aliphatic heterocycles. The van der Waals surface area contributed by atoms with Gasteiger partial charge in [0, 0.05) is 17.6 Å². The number of para-hydroxylation sites is 1. The summed E-state index contributed by atoms with van der Waals surface area (Å²) in [5.74, 6) is 0.740. The Morgan fingerprint density at radius 3 is 2.67 bits per heavy atom. The summed E-state index contributed by atoms with van der Waals surface area (Å²) in [6.45, 7) is 8.60. The Morgan fingerprint density at radius 1 is 1.29 bits per heavy atom. The van der Waals surface area contributed by atoms with Gasteiger partial charge in [-0.05, 0) is 39.8 Å². The molecule has 0 saturated carbocycles. The Morgan fingerprint density at radius 2 is 2.00 bits per heavy atom. The molecule has 6 heteroatoms. The van der Waals surface area contributed by atoms with E-state index in [1.54, 1.807) is 6.33 Å². The first-order valence-electron chi connectivity index (χ1n) is 6.97. The van der Waals surface area contributed by atoms with Gasteiger partial charge in [0.2, 0.25) is 0 Å². The van der Waals surface area contributed by atoms with Gasteiger partial charge in [0.1, 0.15) is 6.33 Å². The number of rotatable bonds is 3. The molecule has 1 aromatic carbocycles. The van der Waals surface area contributed by atoms with Crippen LogP contribution in [0.1, 0.15) is 27.7 Å². The number of hydrogen-bond donors (Lipinski definition) is 2. The second-order valence-corrected chi connectivity index (χ2v) is 5.82. The van der Waals surface area contributed by atoms with Gasteiger partial charge in [-0.25, -0.2) is 4.79 Å². The molecule has 0 fully saturated rings. The summed E-state index contributed by atoms with van der Waals surface area (Å²) in [5.41, 5.74) is 1.27. The molecule has 0 bridgehead atoms. The van der Waals surface area contributed by atoms with Gasteiger partial charge in [-0.1, -0.05) is 12.1 Å². The number of carbonyl (C=O) groups is 1. The average molecular weight is 287 g/mol. The highest BCUT2D eigenvalue weighted by Gasteiger charge is 2.16. The Kier molecular flexibility index (Phi) is 4.26. The minimum absolute atomic E-state index is 0.238. The fourth-order valence-electron chi connectivity index (χ4n) is 1.98. The van der Waals surface area contributed by atoms with Gasteiger partial charge in [-0.2, -0.15) is 0 Å². The van der Waals surface area contributed by atoms with Crippen molar-refractivity contribution >= 4 is 11.7 Å². The van der Waals surface area contributed by atoms with Gasteiger partial charge < -0.3 is 15.2 Å². The van der Waals surface area contributed by atoms with Gasteiger partial charge in [0.25, 0.3) is 0 Å². The zero-order valence-corrected chi connectivity index (χ0v) is 12.8. The lowest BCUT2D eigenvalue weighted by Gasteiger charge is -2.21. The molecule has 2 amide bonds. The summed E-state index contributed by atoms with van der Waals surface area (Å²) in [5, 5.41) is 13.8. The highest BCUT2D eigenvalue weighted by atomic mass is 16.2. The lowest BCUT2D eigenvalue weighted by molar-refractivity contribution is 0.244. The maximum atomic E-state index is 12.0. The van der Waals surface area contributed by atoms with Crippen molar-refractivity contribution in [3.05, 3.63) is 30.6 Å². The smallest absolute Gasteiger partial charge is 0.319 e. The van der Waals surface area contributed by atoms with Crippen LogP contribution in [0.2, 0.25) is 0 Å². The van der Waals surface area contributed by atoms with Gasteiger partial charge >= 0.3 is 6.03 Å². The van der Waals surface area contributed by atoms with Crippen LogP contribution in [0.4, 0.5) is 10.5 Å². The van der Waals surface area contributed by atoms with E-state index in [1.165, 1.54) is 0 Å². The molecule has 2 rings (SSSR count). The number of benzene rings is 1. The average Bonchev–Trinajstić information content (AvgIpc) is 2.85. The van der Waals surface area contributed by atoms with Crippen LogP contribution in [-0.2, 0) is 6.54 Å². The number of aromatic nitrogens is 3. The molecule has 0 aliphatic carbocycles. The van der Waals surface area contributed by atoms with Crippen LogP contribution in [0.15, 0.2) is 30.6 Å². The number of amides is 2. The predicted molar refractivity (Wildman–Crippen MR) is 83.0 cm³/mol. The normalized spacial score (nSPS) is 11.2. The fraction of sp³-hybridized carbons (Fsp3) is 0.400. The molecule has 0 spiro atoms. The number of urea groups is 1. The second-order valence-electron chi connectivity index (χ2n) is 5.82. The van der Waals surface area contributed by atoms with Crippen molar-refractivity contribution in [1.29, 1.82) is 0 Å². The lowest BCUT2D eigenvalue weighted by atomic mass is 10.1. The molecular formula is C15H21N5O. The van der Waals surface area contributed by atoms with Crippen molar-refractivity contribution < 1.29 is 4.79 Å². The summed E-state index contributed by atoms with van der Waals surface area (Å²) in [6, 6.07) is 7.33. The molecule has 0 saturated heterocycles. The maximum Gasteiger partial charge on any atom is 0.319 e. The van der Waals surface area contributed by atoms with Crippen molar-refractivity contribution in [3.63, 3.8) is 0 Å². The first-order valence-corrected chi connectivity index (χ1v) is 6.97. The van der Waals surface area contributed by atoms with E-state index in [9.17, 15) is 4.79 Å². The van der Waals surface area contributed by atoms with Gasteiger partial charge in [0.05, 0.1) is 5.69 Å². The van der Waals surface area contributed by atoms with Crippen LogP contribution in [0.25, 0.3) is 11.4 Å². The van der Waals surface area contributed by atoms with Crippen LogP contribution in [0, 0.1) is 0 Å². The van der Waals surface area contributed by atoms with E-state index in [0.29, 0.717) is 5.69 Å². The number of nitrogens with zero attached hydrogens (tertiary/aromatic N) is 3. The van der Waals surface area contributed by atoms with E-state index in [4.69, 9.17) is 0 Å². The van der Waals surface area contributed by atoms with Crippen LogP contribution in [0.3, 0.4) is 0 Å². The second kappa shape index (κ2) is 5.95. The molecule has 1 aromatic heterocycles. The number of carbonyl (C=O) groups excluding carboxylic acids is 1. The third-order valence-electron chi connectivity index (χ3n) is 2.86. The minimum Gasteiger partial charge on any atom is -0.333 e. The summed E-state index contributed by atoms with van der Waals surface area (Å²) >= 11 is 0. The van der Waals surface area contributed by atoms with Crippen molar-refractivity contribution in [2.45, 2.75) is 39.8 Å². The van der Waals surface area contributed by atoms with Gasteiger partial charge in [-0.3, -0.25) is 0 Å². The summed E-state index contributed by atoms with van der Waals surface area (Å²) in [4.78, 5) is 12.0. The van der Waals surface area contributed by atoms with Gasteiger partial charge in [-0.15, -0.1) is 10.2 Å². The molecule has 0 radical (unpaired) electrons. The van der Waals surface area contributed by atoms with Crippen molar-refractivity contribution in [2.24, 2.45) is 0 Å². The minimum atomic E-state index is -0.289. The molecule has 21 heavy (non-hydrogen) atoms. The van der Waals surface area contributed by atoms with Crippen LogP contribution >= 0.6 is 0 Å². The third kappa shape index (κ3) is 3.81. The molecule has 2 aromatic rings. The van der Waals surface area contributed by atoms with Crippen molar-refractivity contribution in [2.75, 3.05) is 5.32 Å². The molecule has 112 valence electrons. The predicted octanol–water partition coefficient (Wildman–Crippen LogP) is 2.89. The number of hydrogen-bond acceptors (Lipinski definition) is 3. The van der Waals surface area contributed by atoms with Crippen molar-refractivity contribution in [3.8, 4) is 11.4 Å². The van der Waals surface area contributed by atoms with Crippen LogP contribution in [-0.4, -0.2) is 26.3 Å². The number of nitrogens with one attached hydrogen (secondary N) is 2. The Bertz CT molecular complexity index is 627. The fourth-order valence-corrected chi connectivity index (χ4v) is 1.98. The van der Waals surface area contributed by atoms with Crippen LogP contribution in [0.5, 0.6) is 0 Å². The summed E-state index contributed by atoms with van der Waals surface area (Å²) < 4.78 is 1.93. The Balaban J connectivity index is 2.28. The quantitative estimate of drug-likeness (QED) is 0.911. The highest BCUT2D eigenvalue weighted by Crippen LogP contribution is 2.26. The number of aryl methyl sites for hydroxylation is 1. The van der Waals surface area contributed by atoms with E-state index in [-0.39, 0.29) is 11.6 Å². The molecule has 0 atom stereocenters. The molecule has 0 unspecified atom stereocenters. The summed E-state index contributed by atoms with van der Waals surface area (Å²) in [7, 11) is 0. The first-order chi connectivity index (χ1) is 9.90. The van der Waals surface area contributed by atoms with E-state index in [0.717, 1.165) is 17.9 Å². The molecule has 6 nitrogen and oxygen atoms in total. The zero-order chi connectivity index (χ0) is 15.5. The van der Waals surface area contributed by atoms with Crippen LogP contribution < -0.4 is 10.6 Å². The van der Waals surface area contributed by atoms with Crippen molar-refractivity contribution in [1.82, 2.24) is 20.1 Å². The molecular weight excluding hydrogens is 266 g/mol. The van der Waals surface area contributed by atoms with E-state index < -0.39 is 0 Å². The molecule has 2 N–H and O–H groups in total. The molecule has 1 heterocycles. The number of anilines is 1.